The minimum absolute atomic E-state index is 0.0206. The maximum Gasteiger partial charge on any atom is 0.256 e. The van der Waals surface area contributed by atoms with Gasteiger partial charge in [-0.2, -0.15) is 0 Å². The molecule has 1 fully saturated rings. The van der Waals surface area contributed by atoms with Crippen molar-refractivity contribution in [1.82, 2.24) is 9.88 Å². The number of carbonyl (C=O) groups excluding carboxylic acids is 1. The Balaban J connectivity index is 2.25. The van der Waals surface area contributed by atoms with Crippen molar-refractivity contribution < 1.29 is 9.90 Å². The lowest BCUT2D eigenvalue weighted by Gasteiger charge is -2.29. The van der Waals surface area contributed by atoms with Crippen molar-refractivity contribution in [3.05, 3.63) is 24.0 Å². The van der Waals surface area contributed by atoms with E-state index < -0.39 is 0 Å². The second kappa shape index (κ2) is 6.52. The molecule has 1 saturated heterocycles. The molecule has 0 spiro atoms. The van der Waals surface area contributed by atoms with E-state index in [2.05, 4.69) is 10.3 Å². The van der Waals surface area contributed by atoms with E-state index in [0.29, 0.717) is 5.56 Å². The number of aromatic nitrogens is 1. The highest BCUT2D eigenvalue weighted by Gasteiger charge is 2.26. The number of anilines is 1. The summed E-state index contributed by atoms with van der Waals surface area (Å²) in [7, 11) is 1.78. The average Bonchev–Trinajstić information content (AvgIpc) is 2.71. The molecule has 2 rings (SSSR count). The predicted molar refractivity (Wildman–Crippen MR) is 74.2 cm³/mol. The minimum atomic E-state index is -0.0622. The Labute approximate surface area is 113 Å². The molecule has 0 radical (unpaired) electrons. The number of pyridine rings is 1. The molecule has 0 bridgehead atoms. The third-order valence-electron chi connectivity index (χ3n) is 3.67. The third-order valence-corrected chi connectivity index (χ3v) is 3.67. The molecule has 5 heteroatoms. The van der Waals surface area contributed by atoms with Gasteiger partial charge in [-0.25, -0.2) is 0 Å². The van der Waals surface area contributed by atoms with E-state index in [1.165, 1.54) is 0 Å². The molecular weight excluding hydrogens is 242 g/mol. The van der Waals surface area contributed by atoms with Crippen molar-refractivity contribution in [3.8, 4) is 0 Å². The predicted octanol–water partition coefficient (Wildman–Crippen LogP) is 1.50. The first-order valence-corrected chi connectivity index (χ1v) is 6.81. The summed E-state index contributed by atoms with van der Waals surface area (Å²) in [5.74, 6) is -0.0206. The molecule has 1 aromatic heterocycles. The van der Waals surface area contributed by atoms with Gasteiger partial charge in [0.2, 0.25) is 0 Å². The summed E-state index contributed by atoms with van der Waals surface area (Å²) < 4.78 is 0. The summed E-state index contributed by atoms with van der Waals surface area (Å²) in [4.78, 5) is 18.5. The number of carbonyl (C=O) groups is 1. The zero-order valence-corrected chi connectivity index (χ0v) is 11.3. The highest BCUT2D eigenvalue weighted by molar-refractivity contribution is 5.99. The van der Waals surface area contributed by atoms with Crippen LogP contribution in [0.15, 0.2) is 18.5 Å². The molecule has 2 N–H and O–H groups in total. The molecule has 1 atom stereocenters. The van der Waals surface area contributed by atoms with E-state index >= 15 is 0 Å². The summed E-state index contributed by atoms with van der Waals surface area (Å²) in [6.07, 6.45) is 7.35. The van der Waals surface area contributed by atoms with Crippen LogP contribution < -0.4 is 5.32 Å². The smallest absolute Gasteiger partial charge is 0.256 e. The number of nitrogens with zero attached hydrogens (tertiary/aromatic N) is 2. The number of nitrogens with one attached hydrogen (secondary N) is 1. The fraction of sp³-hybridized carbons (Fsp3) is 0.571. The van der Waals surface area contributed by atoms with Gasteiger partial charge in [0.25, 0.3) is 5.91 Å². The zero-order chi connectivity index (χ0) is 13.7. The van der Waals surface area contributed by atoms with Crippen molar-refractivity contribution in [3.63, 3.8) is 0 Å². The molecule has 0 saturated carbocycles. The van der Waals surface area contributed by atoms with Gasteiger partial charge in [0.1, 0.15) is 0 Å². The normalized spacial score (nSPS) is 19.9. The highest BCUT2D eigenvalue weighted by Crippen LogP contribution is 2.22. The number of likely N-dealkylation sites (tertiary alicyclic amines) is 1. The molecule has 0 aliphatic carbocycles. The van der Waals surface area contributed by atoms with E-state index in [4.69, 9.17) is 0 Å². The van der Waals surface area contributed by atoms with Gasteiger partial charge in [0.05, 0.1) is 30.1 Å². The summed E-state index contributed by atoms with van der Waals surface area (Å²) in [5, 5.41) is 12.5. The van der Waals surface area contributed by atoms with Gasteiger partial charge >= 0.3 is 0 Å². The molecule has 1 aromatic rings. The van der Waals surface area contributed by atoms with E-state index in [1.807, 2.05) is 4.90 Å². The van der Waals surface area contributed by atoms with E-state index in [-0.39, 0.29) is 18.6 Å². The molecule has 0 aromatic carbocycles. The lowest BCUT2D eigenvalue weighted by atomic mass is 10.1. The summed E-state index contributed by atoms with van der Waals surface area (Å²) >= 11 is 0. The summed E-state index contributed by atoms with van der Waals surface area (Å²) in [6.45, 7) is 0.751. The fourth-order valence-corrected chi connectivity index (χ4v) is 2.57. The van der Waals surface area contributed by atoms with Gasteiger partial charge in [0, 0.05) is 19.8 Å². The van der Waals surface area contributed by atoms with Crippen LogP contribution in [0.2, 0.25) is 0 Å². The van der Waals surface area contributed by atoms with Gasteiger partial charge in [-0.3, -0.25) is 9.78 Å². The maximum atomic E-state index is 12.6. The van der Waals surface area contributed by atoms with Gasteiger partial charge in [-0.05, 0) is 18.9 Å². The Kier molecular flexibility index (Phi) is 4.74. The van der Waals surface area contributed by atoms with Crippen molar-refractivity contribution >= 4 is 11.6 Å². The zero-order valence-electron chi connectivity index (χ0n) is 11.3. The van der Waals surface area contributed by atoms with Gasteiger partial charge in [-0.15, -0.1) is 0 Å². The summed E-state index contributed by atoms with van der Waals surface area (Å²) in [6, 6.07) is 1.67. The molecular formula is C14H21N3O2. The molecule has 1 aliphatic heterocycles. The minimum Gasteiger partial charge on any atom is -0.394 e. The number of aliphatic hydroxyl groups excluding tert-OH is 1. The number of amides is 1. The molecule has 19 heavy (non-hydrogen) atoms. The molecule has 1 amide bonds. The first kappa shape index (κ1) is 13.8. The van der Waals surface area contributed by atoms with Crippen molar-refractivity contribution in [2.45, 2.75) is 31.7 Å². The van der Waals surface area contributed by atoms with Crippen LogP contribution in [-0.4, -0.2) is 47.1 Å². The standard InChI is InChI=1S/C14H21N3O2/c1-15-13-9-16-7-6-12(13)14(19)17-8-4-2-3-5-11(17)10-18/h6-7,9,11,15,18H,2-5,8,10H2,1H3. The van der Waals surface area contributed by atoms with E-state index in [9.17, 15) is 9.90 Å². The monoisotopic (exact) mass is 263 g/mol. The highest BCUT2D eigenvalue weighted by atomic mass is 16.3. The van der Waals surface area contributed by atoms with Crippen LogP contribution in [-0.2, 0) is 0 Å². The van der Waals surface area contributed by atoms with Crippen molar-refractivity contribution in [2.24, 2.45) is 0 Å². The van der Waals surface area contributed by atoms with Crippen molar-refractivity contribution in [1.29, 1.82) is 0 Å². The second-order valence-corrected chi connectivity index (χ2v) is 4.86. The second-order valence-electron chi connectivity index (χ2n) is 4.86. The lowest BCUT2D eigenvalue weighted by Crippen LogP contribution is -2.42. The molecule has 104 valence electrons. The van der Waals surface area contributed by atoms with Crippen LogP contribution in [0.4, 0.5) is 5.69 Å². The Morgan fingerprint density at radius 2 is 2.37 bits per heavy atom. The molecule has 5 nitrogen and oxygen atoms in total. The van der Waals surface area contributed by atoms with Crippen LogP contribution in [0.1, 0.15) is 36.0 Å². The molecule has 1 aliphatic rings. The molecule has 1 unspecified atom stereocenters. The average molecular weight is 263 g/mol. The van der Waals surface area contributed by atoms with Gasteiger partial charge in [-0.1, -0.05) is 12.8 Å². The fourth-order valence-electron chi connectivity index (χ4n) is 2.57. The van der Waals surface area contributed by atoms with Crippen LogP contribution in [0.3, 0.4) is 0 Å². The number of hydrogen-bond donors (Lipinski definition) is 2. The van der Waals surface area contributed by atoms with Crippen LogP contribution in [0.5, 0.6) is 0 Å². The number of rotatable bonds is 3. The Hall–Kier alpha value is -1.62. The molecule has 2 heterocycles. The van der Waals surface area contributed by atoms with Gasteiger partial charge in [0.15, 0.2) is 0 Å². The van der Waals surface area contributed by atoms with Crippen LogP contribution in [0, 0.1) is 0 Å². The van der Waals surface area contributed by atoms with Crippen LogP contribution >= 0.6 is 0 Å². The Bertz CT molecular complexity index is 436. The van der Waals surface area contributed by atoms with Crippen molar-refractivity contribution in [2.75, 3.05) is 25.5 Å². The number of hydrogen-bond acceptors (Lipinski definition) is 4. The van der Waals surface area contributed by atoms with E-state index in [1.54, 1.807) is 25.5 Å². The SMILES string of the molecule is CNc1cnccc1C(=O)N1CCCCCC1CO. The maximum absolute atomic E-state index is 12.6. The summed E-state index contributed by atoms with van der Waals surface area (Å²) in [5.41, 5.74) is 1.35. The first-order valence-electron chi connectivity index (χ1n) is 6.81. The van der Waals surface area contributed by atoms with Crippen LogP contribution in [0.25, 0.3) is 0 Å². The third kappa shape index (κ3) is 3.04. The van der Waals surface area contributed by atoms with E-state index in [0.717, 1.165) is 37.9 Å². The Morgan fingerprint density at radius 1 is 1.53 bits per heavy atom. The lowest BCUT2D eigenvalue weighted by molar-refractivity contribution is 0.0600. The largest absolute Gasteiger partial charge is 0.394 e. The quantitative estimate of drug-likeness (QED) is 0.867. The topological polar surface area (TPSA) is 65.5 Å². The Morgan fingerprint density at radius 3 is 3.11 bits per heavy atom. The first-order chi connectivity index (χ1) is 9.27. The van der Waals surface area contributed by atoms with Gasteiger partial charge < -0.3 is 15.3 Å². The number of aliphatic hydroxyl groups is 1.